The number of likely N-dealkylation sites (N-methyl/N-ethyl adjacent to an activating group) is 1. The smallest absolute Gasteiger partial charge is 0.318 e. The third-order valence-electron chi connectivity index (χ3n) is 9.44. The summed E-state index contributed by atoms with van der Waals surface area (Å²) in [5, 5.41) is 9.49. The van der Waals surface area contributed by atoms with Gasteiger partial charge in [0.05, 0.1) is 24.2 Å². The highest BCUT2D eigenvalue weighted by Crippen LogP contribution is 2.49. The molecule has 1 amide bonds. The standard InChI is InChI=1S/C31H37FN6O2/c1-21(32)29(39)38-16-15-37(19-23(38)11-13-33)28-25-17-31(12-5-8-22-7-3-4-10-26(22)31)18-27(25)34-30(35-28)40-20-24-9-6-14-36(24)2/h3-4,7,10,23-24H,1,5-6,8-9,11-12,14-20H2,2H3/t23-,24-,31?/m0/s1. The Bertz CT molecular complexity index is 1360. The van der Waals surface area contributed by atoms with E-state index in [0.29, 0.717) is 38.3 Å². The Labute approximate surface area is 235 Å². The van der Waals surface area contributed by atoms with Crippen LogP contribution in [0, 0.1) is 11.3 Å². The number of carbonyl (C=O) groups is 1. The molecule has 210 valence electrons. The van der Waals surface area contributed by atoms with E-state index in [4.69, 9.17) is 14.7 Å². The number of nitriles is 1. The second-order valence-corrected chi connectivity index (χ2v) is 11.9. The van der Waals surface area contributed by atoms with Crippen LogP contribution in [-0.2, 0) is 29.5 Å². The average molecular weight is 545 g/mol. The second kappa shape index (κ2) is 10.8. The quantitative estimate of drug-likeness (QED) is 0.512. The van der Waals surface area contributed by atoms with Crippen LogP contribution in [0.3, 0.4) is 0 Å². The molecule has 2 aromatic rings. The molecule has 2 aliphatic heterocycles. The van der Waals surface area contributed by atoms with Gasteiger partial charge in [0.1, 0.15) is 12.4 Å². The number of fused-ring (bicyclic) bond motifs is 3. The minimum absolute atomic E-state index is 0.0132. The third kappa shape index (κ3) is 4.83. The SMILES string of the molecule is C=C(F)C(=O)N1CCN(c2nc(OC[C@@H]3CCCN3C)nc3c2CC2(CCCc4ccccc42)C3)C[C@@H]1CC#N. The fourth-order valence-corrected chi connectivity index (χ4v) is 7.36. The zero-order valence-corrected chi connectivity index (χ0v) is 23.2. The minimum atomic E-state index is -0.996. The number of likely N-dealkylation sites (tertiary alicyclic amines) is 1. The molecule has 3 heterocycles. The lowest BCUT2D eigenvalue weighted by Gasteiger charge is -2.41. The lowest BCUT2D eigenvalue weighted by Crippen LogP contribution is -2.55. The summed E-state index contributed by atoms with van der Waals surface area (Å²) in [7, 11) is 2.13. The van der Waals surface area contributed by atoms with Crippen LogP contribution in [0.4, 0.5) is 10.2 Å². The van der Waals surface area contributed by atoms with Gasteiger partial charge < -0.3 is 19.4 Å². The highest BCUT2D eigenvalue weighted by Gasteiger charge is 2.45. The van der Waals surface area contributed by atoms with Gasteiger partial charge in [-0.3, -0.25) is 4.79 Å². The maximum absolute atomic E-state index is 13.8. The molecule has 1 aromatic carbocycles. The number of nitrogens with zero attached hydrogens (tertiary/aromatic N) is 6. The van der Waals surface area contributed by atoms with Gasteiger partial charge in [-0.2, -0.15) is 15.2 Å². The molecule has 1 spiro atoms. The number of halogens is 1. The number of aromatic nitrogens is 2. The van der Waals surface area contributed by atoms with Crippen molar-refractivity contribution in [3.8, 4) is 12.1 Å². The van der Waals surface area contributed by atoms with Crippen molar-refractivity contribution in [1.82, 2.24) is 19.8 Å². The summed E-state index contributed by atoms with van der Waals surface area (Å²) in [5.74, 6) is -0.908. The number of benzene rings is 1. The van der Waals surface area contributed by atoms with Gasteiger partial charge in [0.15, 0.2) is 5.83 Å². The molecule has 6 rings (SSSR count). The first-order valence-electron chi connectivity index (χ1n) is 14.5. The van der Waals surface area contributed by atoms with Gasteiger partial charge in [-0.1, -0.05) is 30.8 Å². The Balaban J connectivity index is 1.34. The van der Waals surface area contributed by atoms with E-state index >= 15 is 0 Å². The van der Waals surface area contributed by atoms with Crippen molar-refractivity contribution >= 4 is 11.7 Å². The minimum Gasteiger partial charge on any atom is -0.462 e. The van der Waals surface area contributed by atoms with Crippen molar-refractivity contribution < 1.29 is 13.9 Å². The van der Waals surface area contributed by atoms with Gasteiger partial charge in [0, 0.05) is 43.1 Å². The summed E-state index contributed by atoms with van der Waals surface area (Å²) < 4.78 is 20.0. The fraction of sp³-hybridized carbons (Fsp3) is 0.548. The molecular weight excluding hydrogens is 507 g/mol. The van der Waals surface area contributed by atoms with E-state index in [1.165, 1.54) is 16.0 Å². The summed E-state index contributed by atoms with van der Waals surface area (Å²) in [6.07, 6.45) is 7.40. The third-order valence-corrected chi connectivity index (χ3v) is 9.44. The predicted octanol–water partition coefficient (Wildman–Crippen LogP) is 3.74. The molecule has 1 aromatic heterocycles. The number of anilines is 1. The van der Waals surface area contributed by atoms with Crippen molar-refractivity contribution in [3.63, 3.8) is 0 Å². The van der Waals surface area contributed by atoms with E-state index in [2.05, 4.69) is 53.8 Å². The molecule has 2 saturated heterocycles. The molecule has 1 unspecified atom stereocenters. The van der Waals surface area contributed by atoms with Crippen LogP contribution in [0.15, 0.2) is 36.7 Å². The summed E-state index contributed by atoms with van der Waals surface area (Å²) in [6.45, 7) is 5.98. The largest absolute Gasteiger partial charge is 0.462 e. The maximum Gasteiger partial charge on any atom is 0.318 e. The highest BCUT2D eigenvalue weighted by atomic mass is 19.1. The van der Waals surface area contributed by atoms with Gasteiger partial charge in [0.2, 0.25) is 0 Å². The Hall–Kier alpha value is -3.51. The number of amides is 1. The van der Waals surface area contributed by atoms with E-state index in [1.807, 2.05) is 0 Å². The van der Waals surface area contributed by atoms with Crippen LogP contribution in [-0.4, -0.2) is 77.6 Å². The molecule has 2 aliphatic carbocycles. The summed E-state index contributed by atoms with van der Waals surface area (Å²) in [6, 6.07) is 11.2. The molecule has 40 heavy (non-hydrogen) atoms. The van der Waals surface area contributed by atoms with E-state index < -0.39 is 17.8 Å². The van der Waals surface area contributed by atoms with E-state index in [0.717, 1.165) is 68.6 Å². The maximum atomic E-state index is 13.8. The number of ether oxygens (including phenoxy) is 1. The summed E-state index contributed by atoms with van der Waals surface area (Å²) in [4.78, 5) is 28.4. The Kier molecular flexibility index (Phi) is 7.22. The van der Waals surface area contributed by atoms with Crippen molar-refractivity contribution in [3.05, 3.63) is 59.1 Å². The molecule has 0 N–H and O–H groups in total. The van der Waals surface area contributed by atoms with Gasteiger partial charge in [-0.15, -0.1) is 0 Å². The van der Waals surface area contributed by atoms with Gasteiger partial charge in [-0.25, -0.2) is 4.39 Å². The Morgan fingerprint density at radius 3 is 2.83 bits per heavy atom. The number of hydrogen-bond acceptors (Lipinski definition) is 7. The number of hydrogen-bond donors (Lipinski definition) is 0. The van der Waals surface area contributed by atoms with Crippen LogP contribution < -0.4 is 9.64 Å². The number of aryl methyl sites for hydroxylation is 1. The first-order valence-corrected chi connectivity index (χ1v) is 14.5. The van der Waals surface area contributed by atoms with Crippen LogP contribution in [0.25, 0.3) is 0 Å². The Morgan fingerprint density at radius 1 is 1.20 bits per heavy atom. The molecule has 3 atom stereocenters. The molecule has 0 saturated carbocycles. The molecule has 0 bridgehead atoms. The van der Waals surface area contributed by atoms with Crippen molar-refractivity contribution in [2.75, 3.05) is 44.7 Å². The highest BCUT2D eigenvalue weighted by molar-refractivity contribution is 5.91. The van der Waals surface area contributed by atoms with Gasteiger partial charge >= 0.3 is 6.01 Å². The van der Waals surface area contributed by atoms with Crippen LogP contribution >= 0.6 is 0 Å². The van der Waals surface area contributed by atoms with Crippen LogP contribution in [0.2, 0.25) is 0 Å². The number of carbonyl (C=O) groups excluding carboxylic acids is 1. The van der Waals surface area contributed by atoms with Crippen molar-refractivity contribution in [2.45, 2.75) is 68.9 Å². The molecular formula is C31H37FN6O2. The van der Waals surface area contributed by atoms with E-state index in [-0.39, 0.29) is 11.8 Å². The summed E-state index contributed by atoms with van der Waals surface area (Å²) in [5.41, 5.74) is 4.99. The lowest BCUT2D eigenvalue weighted by atomic mass is 9.68. The predicted molar refractivity (Wildman–Crippen MR) is 150 cm³/mol. The monoisotopic (exact) mass is 544 g/mol. The lowest BCUT2D eigenvalue weighted by molar-refractivity contribution is -0.131. The number of rotatable bonds is 6. The fourth-order valence-electron chi connectivity index (χ4n) is 7.36. The molecule has 8 nitrogen and oxygen atoms in total. The van der Waals surface area contributed by atoms with E-state index in [9.17, 15) is 14.4 Å². The zero-order chi connectivity index (χ0) is 27.9. The van der Waals surface area contributed by atoms with Crippen LogP contribution in [0.1, 0.15) is 54.5 Å². The molecule has 4 aliphatic rings. The van der Waals surface area contributed by atoms with Crippen LogP contribution in [0.5, 0.6) is 6.01 Å². The number of piperazine rings is 1. The Morgan fingerprint density at radius 2 is 2.05 bits per heavy atom. The average Bonchev–Trinajstić information content (AvgIpc) is 3.54. The molecule has 9 heteroatoms. The van der Waals surface area contributed by atoms with Gasteiger partial charge in [0.25, 0.3) is 5.91 Å². The second-order valence-electron chi connectivity index (χ2n) is 11.9. The zero-order valence-electron chi connectivity index (χ0n) is 23.2. The molecule has 2 fully saturated rings. The first kappa shape index (κ1) is 26.7. The normalized spacial score (nSPS) is 25.9. The van der Waals surface area contributed by atoms with Crippen molar-refractivity contribution in [2.24, 2.45) is 0 Å². The molecule has 0 radical (unpaired) electrons. The topological polar surface area (TPSA) is 85.6 Å². The van der Waals surface area contributed by atoms with Gasteiger partial charge in [-0.05, 0) is 63.2 Å². The van der Waals surface area contributed by atoms with E-state index in [1.54, 1.807) is 0 Å². The summed E-state index contributed by atoms with van der Waals surface area (Å²) >= 11 is 0. The van der Waals surface area contributed by atoms with Crippen molar-refractivity contribution in [1.29, 1.82) is 5.26 Å². The first-order chi connectivity index (χ1) is 19.4.